The van der Waals surface area contributed by atoms with Crippen LogP contribution >= 0.6 is 0 Å². The Labute approximate surface area is 139 Å². The van der Waals surface area contributed by atoms with E-state index < -0.39 is 43.3 Å². The molecule has 0 spiro atoms. The molecule has 0 heterocycles. The molecule has 0 saturated heterocycles. The van der Waals surface area contributed by atoms with Crippen molar-refractivity contribution in [1.29, 1.82) is 0 Å². The minimum Gasteiger partial charge on any atom is -0.491 e. The zero-order valence-corrected chi connectivity index (χ0v) is 12.3. The van der Waals surface area contributed by atoms with Gasteiger partial charge in [-0.2, -0.15) is 39.5 Å². The van der Waals surface area contributed by atoms with E-state index in [1.54, 1.807) is 0 Å². The maximum Gasteiger partial charge on any atom is 0.460 e. The lowest BCUT2D eigenvalue weighted by molar-refractivity contribution is -0.444. The van der Waals surface area contributed by atoms with Crippen molar-refractivity contribution in [3.05, 3.63) is 29.8 Å². The Morgan fingerprint density at radius 3 is 1.77 bits per heavy atom. The van der Waals surface area contributed by atoms with Gasteiger partial charge in [-0.15, -0.1) is 0 Å². The molecule has 1 rings (SSSR count). The van der Waals surface area contributed by atoms with Crippen LogP contribution in [0.3, 0.4) is 0 Å². The van der Waals surface area contributed by atoms with Crippen molar-refractivity contribution in [2.45, 2.75) is 24.1 Å². The van der Waals surface area contributed by atoms with Gasteiger partial charge in [0.2, 0.25) is 0 Å². The summed E-state index contributed by atoms with van der Waals surface area (Å²) >= 11 is 0. The van der Waals surface area contributed by atoms with Crippen molar-refractivity contribution in [2.75, 3.05) is 13.2 Å². The number of alkyl halides is 9. The molecule has 26 heavy (non-hydrogen) atoms. The minimum absolute atomic E-state index is 0.116. The van der Waals surface area contributed by atoms with Gasteiger partial charge in [0, 0.05) is 0 Å². The van der Waals surface area contributed by atoms with Gasteiger partial charge in [-0.1, -0.05) is 0 Å². The van der Waals surface area contributed by atoms with Crippen LogP contribution in [0.25, 0.3) is 0 Å². The van der Waals surface area contributed by atoms with E-state index in [1.165, 1.54) is 0 Å². The van der Waals surface area contributed by atoms with Crippen molar-refractivity contribution in [2.24, 2.45) is 0 Å². The molecule has 0 fully saturated rings. The van der Waals surface area contributed by atoms with E-state index in [9.17, 15) is 44.3 Å². The summed E-state index contributed by atoms with van der Waals surface area (Å²) in [5.74, 6) is -15.3. The summed E-state index contributed by atoms with van der Waals surface area (Å²) in [6.07, 6.45) is -13.1. The maximum atomic E-state index is 13.0. The fourth-order valence-corrected chi connectivity index (χ4v) is 1.47. The minimum atomic E-state index is -7.03. The maximum absolute atomic E-state index is 13.0. The van der Waals surface area contributed by atoms with E-state index >= 15 is 0 Å². The van der Waals surface area contributed by atoms with Crippen molar-refractivity contribution >= 4 is 5.97 Å². The lowest BCUT2D eigenvalue weighted by atomic mass is 10.1. The normalized spacial score (nSPS) is 13.6. The molecule has 13 heteroatoms. The molecular weight excluding hydrogens is 391 g/mol. The largest absolute Gasteiger partial charge is 0.491 e. The fraction of sp³-hybridized carbons (Fsp3) is 0.462. The van der Waals surface area contributed by atoms with Crippen molar-refractivity contribution in [3.63, 3.8) is 0 Å². The molecule has 0 radical (unpaired) electrons. The summed E-state index contributed by atoms with van der Waals surface area (Å²) < 4.78 is 120. The molecule has 0 aliphatic heterocycles. The zero-order chi connectivity index (χ0) is 20.4. The van der Waals surface area contributed by atoms with Crippen LogP contribution in [0, 0.1) is 0 Å². The third kappa shape index (κ3) is 4.31. The van der Waals surface area contributed by atoms with Gasteiger partial charge < -0.3 is 14.6 Å². The lowest BCUT2D eigenvalue weighted by Gasteiger charge is -2.32. The number of carboxylic acid groups (broad SMARTS) is 1. The van der Waals surface area contributed by atoms with Crippen LogP contribution < -0.4 is 4.74 Å². The molecular formula is C13H9F9O4. The second-order valence-electron chi connectivity index (χ2n) is 4.69. The molecule has 0 aromatic heterocycles. The Balaban J connectivity index is 2.66. The monoisotopic (exact) mass is 400 g/mol. The topological polar surface area (TPSA) is 55.8 Å². The molecule has 1 aromatic rings. The highest BCUT2D eigenvalue weighted by molar-refractivity contribution is 5.87. The SMILES string of the molecule is O=C(O)c1ccc(OCCOC(F)(F)C(F)(F)C(F)(F)C(F)(F)F)cc1. The Bertz CT molecular complexity index is 625. The Morgan fingerprint density at radius 1 is 0.846 bits per heavy atom. The molecule has 0 aliphatic carbocycles. The van der Waals surface area contributed by atoms with E-state index in [-0.39, 0.29) is 11.3 Å². The molecule has 1 aromatic carbocycles. The lowest BCUT2D eigenvalue weighted by Crippen LogP contribution is -2.61. The van der Waals surface area contributed by atoms with E-state index in [0.29, 0.717) is 0 Å². The van der Waals surface area contributed by atoms with Crippen LogP contribution in [-0.4, -0.2) is 48.4 Å². The van der Waals surface area contributed by atoms with Gasteiger partial charge in [0.25, 0.3) is 0 Å². The van der Waals surface area contributed by atoms with Crippen LogP contribution in [0.15, 0.2) is 24.3 Å². The van der Waals surface area contributed by atoms with Crippen molar-refractivity contribution in [3.8, 4) is 5.75 Å². The first-order valence-electron chi connectivity index (χ1n) is 6.44. The predicted molar refractivity (Wildman–Crippen MR) is 65.7 cm³/mol. The summed E-state index contributed by atoms with van der Waals surface area (Å²) in [6.45, 7) is -2.38. The number of halogens is 9. The van der Waals surface area contributed by atoms with Gasteiger partial charge in [0.05, 0.1) is 12.2 Å². The van der Waals surface area contributed by atoms with Gasteiger partial charge in [-0.25, -0.2) is 4.79 Å². The molecule has 1 N–H and O–H groups in total. The molecule has 0 amide bonds. The highest BCUT2D eigenvalue weighted by Gasteiger charge is 2.82. The number of carboxylic acids is 1. The Kier molecular flexibility index (Phi) is 6.06. The molecule has 0 aliphatic rings. The molecule has 0 unspecified atom stereocenters. The van der Waals surface area contributed by atoms with E-state index in [0.717, 1.165) is 24.3 Å². The van der Waals surface area contributed by atoms with E-state index in [4.69, 9.17) is 9.84 Å². The summed E-state index contributed by atoms with van der Waals surface area (Å²) in [4.78, 5) is 10.6. The third-order valence-electron chi connectivity index (χ3n) is 2.85. The number of carbonyl (C=O) groups is 1. The molecule has 0 atom stereocenters. The van der Waals surface area contributed by atoms with Crippen LogP contribution in [-0.2, 0) is 4.74 Å². The highest BCUT2D eigenvalue weighted by Crippen LogP contribution is 2.53. The fourth-order valence-electron chi connectivity index (χ4n) is 1.47. The number of hydrogen-bond donors (Lipinski definition) is 1. The summed E-state index contributed by atoms with van der Waals surface area (Å²) in [5, 5.41) is 8.62. The van der Waals surface area contributed by atoms with Crippen molar-refractivity contribution in [1.82, 2.24) is 0 Å². The Morgan fingerprint density at radius 2 is 1.35 bits per heavy atom. The first kappa shape index (κ1) is 21.9. The molecule has 0 bridgehead atoms. The number of benzene rings is 1. The number of ether oxygens (including phenoxy) is 2. The number of aromatic carboxylic acids is 1. The highest BCUT2D eigenvalue weighted by atomic mass is 19.4. The van der Waals surface area contributed by atoms with Gasteiger partial charge in [-0.05, 0) is 24.3 Å². The van der Waals surface area contributed by atoms with Crippen LogP contribution in [0.2, 0.25) is 0 Å². The Hall–Kier alpha value is -2.18. The van der Waals surface area contributed by atoms with Crippen molar-refractivity contribution < 1.29 is 58.9 Å². The van der Waals surface area contributed by atoms with Gasteiger partial charge in [-0.3, -0.25) is 0 Å². The number of rotatable bonds is 8. The smallest absolute Gasteiger partial charge is 0.460 e. The second-order valence-corrected chi connectivity index (χ2v) is 4.69. The predicted octanol–water partition coefficient (Wildman–Crippen LogP) is 4.21. The van der Waals surface area contributed by atoms with Gasteiger partial charge in [0.1, 0.15) is 12.4 Å². The first-order valence-corrected chi connectivity index (χ1v) is 6.44. The average molecular weight is 400 g/mol. The molecule has 148 valence electrons. The van der Waals surface area contributed by atoms with E-state index in [1.807, 2.05) is 0 Å². The van der Waals surface area contributed by atoms with Gasteiger partial charge in [0.15, 0.2) is 0 Å². The molecule has 0 saturated carbocycles. The second kappa shape index (κ2) is 7.21. The quantitative estimate of drug-likeness (QED) is 0.525. The van der Waals surface area contributed by atoms with E-state index in [2.05, 4.69) is 4.74 Å². The van der Waals surface area contributed by atoms with Crippen LogP contribution in [0.4, 0.5) is 39.5 Å². The van der Waals surface area contributed by atoms with Crippen LogP contribution in [0.1, 0.15) is 10.4 Å². The third-order valence-corrected chi connectivity index (χ3v) is 2.85. The zero-order valence-electron chi connectivity index (χ0n) is 12.3. The molecule has 4 nitrogen and oxygen atoms in total. The number of hydrogen-bond acceptors (Lipinski definition) is 3. The first-order chi connectivity index (χ1) is 11.6. The van der Waals surface area contributed by atoms with Crippen LogP contribution in [0.5, 0.6) is 5.75 Å². The van der Waals surface area contributed by atoms with Gasteiger partial charge >= 0.3 is 30.1 Å². The standard InChI is InChI=1S/C13H9F9O4/c14-10(15,12(18,19)20)11(16,17)13(21,22)26-6-5-25-8-3-1-7(2-4-8)9(23)24/h1-4H,5-6H2,(H,23,24). The summed E-state index contributed by atoms with van der Waals surface area (Å²) in [5.41, 5.74) is -0.158. The summed E-state index contributed by atoms with van der Waals surface area (Å²) in [6, 6.07) is 4.22. The average Bonchev–Trinajstić information content (AvgIpc) is 2.50. The summed E-state index contributed by atoms with van der Waals surface area (Å²) in [7, 11) is 0.